The number of nitro groups is 1. The minimum absolute atomic E-state index is 0.0740. The van der Waals surface area contributed by atoms with Gasteiger partial charge in [-0.05, 0) is 18.6 Å². The number of amides is 1. The van der Waals surface area contributed by atoms with Gasteiger partial charge in [0, 0.05) is 40.4 Å². The fourth-order valence-electron chi connectivity index (χ4n) is 1.42. The van der Waals surface area contributed by atoms with Gasteiger partial charge in [0.1, 0.15) is 5.56 Å². The summed E-state index contributed by atoms with van der Waals surface area (Å²) < 4.78 is 10.8. The maximum absolute atomic E-state index is 11.8. The van der Waals surface area contributed by atoms with Gasteiger partial charge >= 0.3 is 0 Å². The maximum atomic E-state index is 11.8. The third kappa shape index (κ3) is 4.96. The molecule has 1 amide bonds. The van der Waals surface area contributed by atoms with Crippen molar-refractivity contribution in [2.75, 3.05) is 18.6 Å². The van der Waals surface area contributed by atoms with E-state index in [-0.39, 0.29) is 16.3 Å². The highest BCUT2D eigenvalue weighted by Gasteiger charge is 2.19. The Balaban J connectivity index is 2.73. The predicted molar refractivity (Wildman–Crippen MR) is 74.0 cm³/mol. The average Bonchev–Trinajstić information content (AvgIpc) is 2.33. The van der Waals surface area contributed by atoms with Gasteiger partial charge in [-0.15, -0.1) is 0 Å². The zero-order valence-electron chi connectivity index (χ0n) is 10.2. The monoisotopic (exact) mass is 304 g/mol. The molecule has 0 aliphatic heterocycles. The van der Waals surface area contributed by atoms with Crippen molar-refractivity contribution in [3.05, 3.63) is 38.9 Å². The molecule has 104 valence electrons. The van der Waals surface area contributed by atoms with Gasteiger partial charge in [0.2, 0.25) is 0 Å². The normalized spacial score (nSPS) is 11.9. The summed E-state index contributed by atoms with van der Waals surface area (Å²) in [7, 11) is -0.921. The van der Waals surface area contributed by atoms with E-state index in [9.17, 15) is 19.1 Å². The number of nitrogens with one attached hydrogen (secondary N) is 1. The molecule has 8 heteroatoms. The van der Waals surface area contributed by atoms with E-state index < -0.39 is 21.6 Å². The molecule has 0 aromatic heterocycles. The van der Waals surface area contributed by atoms with Gasteiger partial charge in [-0.2, -0.15) is 0 Å². The zero-order valence-corrected chi connectivity index (χ0v) is 11.8. The third-order valence-electron chi connectivity index (χ3n) is 2.29. The second kappa shape index (κ2) is 7.20. The van der Waals surface area contributed by atoms with Gasteiger partial charge in [0.25, 0.3) is 11.6 Å². The van der Waals surface area contributed by atoms with Crippen LogP contribution in [-0.4, -0.2) is 33.6 Å². The summed E-state index contributed by atoms with van der Waals surface area (Å²) in [5.74, 6) is -0.0890. The lowest BCUT2D eigenvalue weighted by atomic mass is 10.1. The molecule has 0 saturated carbocycles. The van der Waals surface area contributed by atoms with Gasteiger partial charge in [0.05, 0.1) is 4.92 Å². The summed E-state index contributed by atoms with van der Waals surface area (Å²) in [5, 5.41) is 13.6. The first-order valence-electron chi connectivity index (χ1n) is 5.44. The van der Waals surface area contributed by atoms with Crippen LogP contribution in [0.1, 0.15) is 16.8 Å². The lowest BCUT2D eigenvalue weighted by molar-refractivity contribution is -0.385. The van der Waals surface area contributed by atoms with Crippen molar-refractivity contribution in [2.24, 2.45) is 0 Å². The van der Waals surface area contributed by atoms with Crippen LogP contribution >= 0.6 is 11.6 Å². The molecule has 0 aliphatic carbocycles. The highest BCUT2D eigenvalue weighted by molar-refractivity contribution is 7.84. The van der Waals surface area contributed by atoms with Gasteiger partial charge in [-0.3, -0.25) is 19.1 Å². The van der Waals surface area contributed by atoms with E-state index in [0.717, 1.165) is 0 Å². The number of hydrogen-bond acceptors (Lipinski definition) is 4. The van der Waals surface area contributed by atoms with E-state index in [1.807, 2.05) is 0 Å². The fourth-order valence-corrected chi connectivity index (χ4v) is 2.14. The van der Waals surface area contributed by atoms with Crippen molar-refractivity contribution in [3.8, 4) is 0 Å². The Labute approximate surface area is 117 Å². The molecular formula is C11H13ClN2O4S. The topological polar surface area (TPSA) is 89.3 Å². The second-order valence-corrected chi connectivity index (χ2v) is 5.80. The highest BCUT2D eigenvalue weighted by Crippen LogP contribution is 2.22. The lowest BCUT2D eigenvalue weighted by Crippen LogP contribution is -2.26. The molecule has 0 aliphatic rings. The van der Waals surface area contributed by atoms with Gasteiger partial charge < -0.3 is 5.32 Å². The molecule has 1 rings (SSSR count). The predicted octanol–water partition coefficient (Wildman–Crippen LogP) is 1.75. The van der Waals surface area contributed by atoms with E-state index in [1.165, 1.54) is 18.2 Å². The summed E-state index contributed by atoms with van der Waals surface area (Å²) in [5.41, 5.74) is -0.365. The zero-order chi connectivity index (χ0) is 14.4. The van der Waals surface area contributed by atoms with E-state index in [1.54, 1.807) is 6.26 Å². The minimum atomic E-state index is -0.921. The SMILES string of the molecule is CS(=O)CCCNC(=O)c1cc(Cl)ccc1[N+](=O)[O-]. The van der Waals surface area contributed by atoms with Crippen LogP contribution in [-0.2, 0) is 10.8 Å². The average molecular weight is 305 g/mol. The Morgan fingerprint density at radius 2 is 2.21 bits per heavy atom. The van der Waals surface area contributed by atoms with Gasteiger partial charge in [-0.25, -0.2) is 0 Å². The minimum Gasteiger partial charge on any atom is -0.352 e. The number of halogens is 1. The Morgan fingerprint density at radius 3 is 2.79 bits per heavy atom. The van der Waals surface area contributed by atoms with Crippen LogP contribution in [0, 0.1) is 10.1 Å². The second-order valence-electron chi connectivity index (χ2n) is 3.81. The molecule has 1 N–H and O–H groups in total. The van der Waals surface area contributed by atoms with Crippen LogP contribution in [0.2, 0.25) is 5.02 Å². The van der Waals surface area contributed by atoms with Crippen molar-refractivity contribution in [2.45, 2.75) is 6.42 Å². The molecule has 19 heavy (non-hydrogen) atoms. The molecule has 1 atom stereocenters. The van der Waals surface area contributed by atoms with Crippen molar-refractivity contribution in [3.63, 3.8) is 0 Å². The first-order chi connectivity index (χ1) is 8.91. The van der Waals surface area contributed by atoms with Crippen LogP contribution in [0.5, 0.6) is 0 Å². The van der Waals surface area contributed by atoms with Crippen LogP contribution in [0.4, 0.5) is 5.69 Å². The van der Waals surface area contributed by atoms with Gasteiger partial charge in [-0.1, -0.05) is 11.6 Å². The quantitative estimate of drug-likeness (QED) is 0.492. The highest BCUT2D eigenvalue weighted by atomic mass is 35.5. The summed E-state index contributed by atoms with van der Waals surface area (Å²) in [6.07, 6.45) is 2.12. The summed E-state index contributed by atoms with van der Waals surface area (Å²) in [6.45, 7) is 0.308. The van der Waals surface area contributed by atoms with Crippen molar-refractivity contribution in [1.29, 1.82) is 0 Å². The molecule has 0 spiro atoms. The molecule has 0 bridgehead atoms. The van der Waals surface area contributed by atoms with Crippen molar-refractivity contribution < 1.29 is 13.9 Å². The molecule has 6 nitrogen and oxygen atoms in total. The largest absolute Gasteiger partial charge is 0.352 e. The Morgan fingerprint density at radius 1 is 1.53 bits per heavy atom. The maximum Gasteiger partial charge on any atom is 0.282 e. The van der Waals surface area contributed by atoms with E-state index in [0.29, 0.717) is 18.7 Å². The first kappa shape index (κ1) is 15.6. The van der Waals surface area contributed by atoms with E-state index in [4.69, 9.17) is 11.6 Å². The Kier molecular flexibility index (Phi) is 5.91. The van der Waals surface area contributed by atoms with Crippen molar-refractivity contribution in [1.82, 2.24) is 5.32 Å². The third-order valence-corrected chi connectivity index (χ3v) is 3.39. The molecule has 0 radical (unpaired) electrons. The van der Waals surface area contributed by atoms with Crippen LogP contribution in [0.15, 0.2) is 18.2 Å². The summed E-state index contributed by atoms with van der Waals surface area (Å²) >= 11 is 5.73. The molecule has 1 aromatic rings. The molecule has 1 unspecified atom stereocenters. The molecule has 0 saturated heterocycles. The summed E-state index contributed by atoms with van der Waals surface area (Å²) in [4.78, 5) is 22.0. The van der Waals surface area contributed by atoms with E-state index in [2.05, 4.69) is 5.32 Å². The van der Waals surface area contributed by atoms with Crippen molar-refractivity contribution >= 4 is 34.0 Å². The fraction of sp³-hybridized carbons (Fsp3) is 0.364. The van der Waals surface area contributed by atoms with Crippen LogP contribution in [0.25, 0.3) is 0 Å². The molecule has 0 fully saturated rings. The molecule has 1 aromatic carbocycles. The first-order valence-corrected chi connectivity index (χ1v) is 7.54. The van der Waals surface area contributed by atoms with Crippen LogP contribution in [0.3, 0.4) is 0 Å². The summed E-state index contributed by atoms with van der Waals surface area (Å²) in [6, 6.07) is 3.81. The number of nitro benzene ring substituents is 1. The number of rotatable bonds is 6. The molecular weight excluding hydrogens is 292 g/mol. The molecule has 0 heterocycles. The van der Waals surface area contributed by atoms with Gasteiger partial charge in [0.15, 0.2) is 0 Å². The van der Waals surface area contributed by atoms with Crippen LogP contribution < -0.4 is 5.32 Å². The number of carbonyl (C=O) groups is 1. The number of hydrogen-bond donors (Lipinski definition) is 1. The standard InChI is InChI=1S/C11H13ClN2O4S/c1-19(18)6-2-5-13-11(15)9-7-8(12)3-4-10(9)14(16)17/h3-4,7H,2,5-6H2,1H3,(H,13,15). The Hall–Kier alpha value is -1.47. The smallest absolute Gasteiger partial charge is 0.282 e. The number of benzene rings is 1. The number of nitrogens with zero attached hydrogens (tertiary/aromatic N) is 1. The number of carbonyl (C=O) groups excluding carboxylic acids is 1. The van der Waals surface area contributed by atoms with E-state index >= 15 is 0 Å². The Bertz CT molecular complexity index is 521. The lowest BCUT2D eigenvalue weighted by Gasteiger charge is -2.05.